The summed E-state index contributed by atoms with van der Waals surface area (Å²) in [7, 11) is 1.94. The summed E-state index contributed by atoms with van der Waals surface area (Å²) in [5.74, 6) is 0. The van der Waals surface area contributed by atoms with Gasteiger partial charge in [-0.25, -0.2) is 9.97 Å². The molecule has 0 saturated carbocycles. The standard InChI is InChI=1S/C13H14ClN3S/c1-9(15-2)10-3-5-12(16-7-10)18-13-6-4-11(14)8-17-13/h3-9,15H,1-2H3. The van der Waals surface area contributed by atoms with E-state index in [1.54, 1.807) is 6.20 Å². The van der Waals surface area contributed by atoms with Crippen LogP contribution in [-0.4, -0.2) is 17.0 Å². The van der Waals surface area contributed by atoms with Crippen molar-refractivity contribution in [2.24, 2.45) is 0 Å². The Morgan fingerprint density at radius 3 is 2.28 bits per heavy atom. The second-order valence-corrected chi connectivity index (χ2v) is 5.33. The van der Waals surface area contributed by atoms with Gasteiger partial charge in [0.15, 0.2) is 0 Å². The maximum absolute atomic E-state index is 5.79. The van der Waals surface area contributed by atoms with Gasteiger partial charge in [-0.3, -0.25) is 0 Å². The minimum Gasteiger partial charge on any atom is -0.313 e. The average Bonchev–Trinajstić information content (AvgIpc) is 2.41. The van der Waals surface area contributed by atoms with Crippen LogP contribution >= 0.6 is 23.4 Å². The van der Waals surface area contributed by atoms with Crippen LogP contribution in [0, 0.1) is 0 Å². The average molecular weight is 280 g/mol. The lowest BCUT2D eigenvalue weighted by molar-refractivity contribution is 0.648. The van der Waals surface area contributed by atoms with Crippen LogP contribution in [0.3, 0.4) is 0 Å². The lowest BCUT2D eigenvalue weighted by Gasteiger charge is -2.10. The molecule has 0 bridgehead atoms. The number of pyridine rings is 2. The van der Waals surface area contributed by atoms with E-state index in [0.29, 0.717) is 11.1 Å². The zero-order chi connectivity index (χ0) is 13.0. The number of nitrogens with zero attached hydrogens (tertiary/aromatic N) is 2. The van der Waals surface area contributed by atoms with Gasteiger partial charge >= 0.3 is 0 Å². The van der Waals surface area contributed by atoms with E-state index in [1.807, 2.05) is 31.4 Å². The van der Waals surface area contributed by atoms with E-state index >= 15 is 0 Å². The van der Waals surface area contributed by atoms with Gasteiger partial charge in [0.2, 0.25) is 0 Å². The Balaban J connectivity index is 2.08. The molecular formula is C13H14ClN3S. The van der Waals surface area contributed by atoms with E-state index in [4.69, 9.17) is 11.6 Å². The molecule has 18 heavy (non-hydrogen) atoms. The predicted octanol–water partition coefficient (Wildman–Crippen LogP) is 3.56. The van der Waals surface area contributed by atoms with Crippen LogP contribution in [0.4, 0.5) is 0 Å². The quantitative estimate of drug-likeness (QED) is 0.929. The largest absolute Gasteiger partial charge is 0.313 e. The summed E-state index contributed by atoms with van der Waals surface area (Å²) < 4.78 is 0. The molecule has 5 heteroatoms. The zero-order valence-corrected chi connectivity index (χ0v) is 11.8. The van der Waals surface area contributed by atoms with E-state index in [1.165, 1.54) is 17.3 Å². The zero-order valence-electron chi connectivity index (χ0n) is 10.2. The van der Waals surface area contributed by atoms with Gasteiger partial charge in [0.1, 0.15) is 10.1 Å². The van der Waals surface area contributed by atoms with Gasteiger partial charge < -0.3 is 5.32 Å². The Morgan fingerprint density at radius 1 is 1.11 bits per heavy atom. The summed E-state index contributed by atoms with van der Waals surface area (Å²) in [6.07, 6.45) is 3.53. The molecule has 2 heterocycles. The third-order valence-corrected chi connectivity index (χ3v) is 3.73. The number of rotatable bonds is 4. The van der Waals surface area contributed by atoms with E-state index in [2.05, 4.69) is 28.3 Å². The van der Waals surface area contributed by atoms with E-state index in [9.17, 15) is 0 Å². The minimum absolute atomic E-state index is 0.310. The Kier molecular flexibility index (Phi) is 4.58. The second kappa shape index (κ2) is 6.18. The normalized spacial score (nSPS) is 12.4. The van der Waals surface area contributed by atoms with Crippen LogP contribution < -0.4 is 5.32 Å². The first-order chi connectivity index (χ1) is 8.69. The Labute approximate surface area is 116 Å². The topological polar surface area (TPSA) is 37.8 Å². The van der Waals surface area contributed by atoms with Gasteiger partial charge in [-0.2, -0.15) is 0 Å². The first-order valence-corrected chi connectivity index (χ1v) is 6.81. The summed E-state index contributed by atoms with van der Waals surface area (Å²) >= 11 is 7.31. The van der Waals surface area contributed by atoms with Crippen molar-refractivity contribution in [2.45, 2.75) is 23.0 Å². The number of aromatic nitrogens is 2. The maximum Gasteiger partial charge on any atom is 0.102 e. The van der Waals surface area contributed by atoms with Gasteiger partial charge in [-0.05, 0) is 37.7 Å². The van der Waals surface area contributed by atoms with Crippen molar-refractivity contribution in [3.05, 3.63) is 47.2 Å². The SMILES string of the molecule is CNC(C)c1ccc(Sc2ccc(Cl)cn2)nc1. The number of hydrogen-bond acceptors (Lipinski definition) is 4. The third-order valence-electron chi connectivity index (χ3n) is 2.60. The highest BCUT2D eigenvalue weighted by molar-refractivity contribution is 7.99. The Bertz CT molecular complexity index is 499. The molecule has 0 fully saturated rings. The van der Waals surface area contributed by atoms with Crippen LogP contribution in [0.5, 0.6) is 0 Å². The lowest BCUT2D eigenvalue weighted by atomic mass is 10.1. The van der Waals surface area contributed by atoms with E-state index < -0.39 is 0 Å². The minimum atomic E-state index is 0.310. The summed E-state index contributed by atoms with van der Waals surface area (Å²) in [6, 6.07) is 8.11. The fourth-order valence-corrected chi connectivity index (χ4v) is 2.21. The molecule has 1 unspecified atom stereocenters. The summed E-state index contributed by atoms with van der Waals surface area (Å²) in [6.45, 7) is 2.10. The molecule has 0 radical (unpaired) electrons. The van der Waals surface area contributed by atoms with Crippen molar-refractivity contribution < 1.29 is 0 Å². The number of nitrogens with one attached hydrogen (secondary N) is 1. The molecule has 0 spiro atoms. The molecule has 3 nitrogen and oxygen atoms in total. The van der Waals surface area contributed by atoms with Gasteiger partial charge in [0, 0.05) is 18.4 Å². The van der Waals surface area contributed by atoms with E-state index in [-0.39, 0.29) is 0 Å². The first-order valence-electron chi connectivity index (χ1n) is 5.61. The van der Waals surface area contributed by atoms with Crippen molar-refractivity contribution in [2.75, 3.05) is 7.05 Å². The fraction of sp³-hybridized carbons (Fsp3) is 0.231. The smallest absolute Gasteiger partial charge is 0.102 e. The third kappa shape index (κ3) is 3.45. The molecule has 0 aliphatic carbocycles. The van der Waals surface area contributed by atoms with Crippen LogP contribution in [0.15, 0.2) is 46.7 Å². The molecule has 0 aliphatic rings. The van der Waals surface area contributed by atoms with Crippen molar-refractivity contribution in [3.63, 3.8) is 0 Å². The highest BCUT2D eigenvalue weighted by Crippen LogP contribution is 2.25. The molecule has 1 N–H and O–H groups in total. The van der Waals surface area contributed by atoms with Crippen molar-refractivity contribution in [1.29, 1.82) is 0 Å². The fourth-order valence-electron chi connectivity index (χ4n) is 1.40. The second-order valence-electron chi connectivity index (χ2n) is 3.86. The van der Waals surface area contributed by atoms with E-state index in [0.717, 1.165) is 10.1 Å². The van der Waals surface area contributed by atoms with Crippen LogP contribution in [0.1, 0.15) is 18.5 Å². The summed E-state index contributed by atoms with van der Waals surface area (Å²) in [4.78, 5) is 8.64. The first kappa shape index (κ1) is 13.3. The van der Waals surface area contributed by atoms with Crippen molar-refractivity contribution in [1.82, 2.24) is 15.3 Å². The highest BCUT2D eigenvalue weighted by Gasteiger charge is 2.04. The molecule has 0 amide bonds. The molecule has 0 aliphatic heterocycles. The van der Waals surface area contributed by atoms with Gasteiger partial charge in [-0.15, -0.1) is 0 Å². The number of halogens is 1. The summed E-state index contributed by atoms with van der Waals surface area (Å²) in [5.41, 5.74) is 1.17. The molecule has 0 saturated heterocycles. The van der Waals surface area contributed by atoms with Gasteiger partial charge in [0.25, 0.3) is 0 Å². The molecule has 2 rings (SSSR count). The van der Waals surface area contributed by atoms with Crippen molar-refractivity contribution >= 4 is 23.4 Å². The number of hydrogen-bond donors (Lipinski definition) is 1. The highest BCUT2D eigenvalue weighted by atomic mass is 35.5. The Hall–Kier alpha value is -1.10. The van der Waals surface area contributed by atoms with Gasteiger partial charge in [-0.1, -0.05) is 29.4 Å². The summed E-state index contributed by atoms with van der Waals surface area (Å²) in [5, 5.41) is 5.64. The van der Waals surface area contributed by atoms with Gasteiger partial charge in [0.05, 0.1) is 5.02 Å². The Morgan fingerprint density at radius 2 is 1.78 bits per heavy atom. The molecule has 1 atom stereocenters. The molecule has 94 valence electrons. The maximum atomic E-state index is 5.79. The molecule has 2 aromatic rings. The lowest BCUT2D eigenvalue weighted by Crippen LogP contribution is -2.12. The van der Waals surface area contributed by atoms with Crippen LogP contribution in [0.25, 0.3) is 0 Å². The van der Waals surface area contributed by atoms with Crippen LogP contribution in [0.2, 0.25) is 5.02 Å². The van der Waals surface area contributed by atoms with Crippen molar-refractivity contribution in [3.8, 4) is 0 Å². The molecule has 0 aromatic carbocycles. The molecule has 2 aromatic heterocycles. The van der Waals surface area contributed by atoms with Crippen LogP contribution in [-0.2, 0) is 0 Å². The monoisotopic (exact) mass is 279 g/mol. The predicted molar refractivity (Wildman–Crippen MR) is 75.1 cm³/mol. The molecular weight excluding hydrogens is 266 g/mol.